The molecule has 3 rings (SSSR count). The van der Waals surface area contributed by atoms with Crippen LogP contribution in [0.1, 0.15) is 49.5 Å². The predicted octanol–water partition coefficient (Wildman–Crippen LogP) is 4.24. The summed E-state index contributed by atoms with van der Waals surface area (Å²) in [5, 5.41) is 15.1. The van der Waals surface area contributed by atoms with Gasteiger partial charge < -0.3 is 19.9 Å². The monoisotopic (exact) mass is 431 g/mol. The van der Waals surface area contributed by atoms with Gasteiger partial charge in [-0.15, -0.1) is 0 Å². The number of carbonyl (C=O) groups is 1. The highest BCUT2D eigenvalue weighted by atomic mass is 35.5. The Kier molecular flexibility index (Phi) is 8.14. The highest BCUT2D eigenvalue weighted by molar-refractivity contribution is 6.30. The molecule has 0 heterocycles. The van der Waals surface area contributed by atoms with Crippen LogP contribution in [0.3, 0.4) is 0 Å². The third-order valence-electron chi connectivity index (χ3n) is 5.53. The number of aryl methyl sites for hydroxylation is 1. The molecule has 1 aliphatic rings. The molecule has 2 aromatic carbocycles. The van der Waals surface area contributed by atoms with E-state index in [1.807, 2.05) is 36.4 Å². The van der Waals surface area contributed by atoms with E-state index in [0.29, 0.717) is 17.4 Å². The van der Waals surface area contributed by atoms with Crippen LogP contribution in [0.4, 0.5) is 0 Å². The standard InChI is InChI=1S/C24H30ClNO4/c1-3-22(24(28)17-6-5-7-19(25)12-17)26-20-10-8-16-9-11-21(14-18(16)13-20)30-15-23(27)29-4-2/h5-7,9,11-12,14,20,22,24,26,28H,3-4,8,10,13,15H2,1-2H3/t20?,22-,24-/m0/s1. The van der Waals surface area contributed by atoms with Crippen molar-refractivity contribution in [2.24, 2.45) is 0 Å². The molecule has 0 saturated carbocycles. The number of hydrogen-bond donors (Lipinski definition) is 2. The van der Waals surface area contributed by atoms with Crippen LogP contribution in [-0.2, 0) is 22.4 Å². The van der Waals surface area contributed by atoms with Gasteiger partial charge in [-0.3, -0.25) is 0 Å². The minimum absolute atomic E-state index is 0.0572. The van der Waals surface area contributed by atoms with Gasteiger partial charge in [-0.05, 0) is 73.6 Å². The average Bonchev–Trinajstić information content (AvgIpc) is 2.75. The fraction of sp³-hybridized carbons (Fsp3) is 0.458. The largest absolute Gasteiger partial charge is 0.482 e. The Labute approximate surface area is 183 Å². The third-order valence-corrected chi connectivity index (χ3v) is 5.76. The number of ether oxygens (including phenoxy) is 2. The second kappa shape index (κ2) is 10.8. The van der Waals surface area contributed by atoms with Crippen LogP contribution < -0.4 is 10.1 Å². The van der Waals surface area contributed by atoms with E-state index in [9.17, 15) is 9.90 Å². The zero-order valence-electron chi connectivity index (χ0n) is 17.6. The van der Waals surface area contributed by atoms with E-state index in [4.69, 9.17) is 21.1 Å². The number of carbonyl (C=O) groups excluding carboxylic acids is 1. The number of nitrogens with one attached hydrogen (secondary N) is 1. The maximum Gasteiger partial charge on any atom is 0.344 e. The van der Waals surface area contributed by atoms with Gasteiger partial charge in [-0.1, -0.05) is 36.7 Å². The molecule has 2 aromatic rings. The zero-order chi connectivity index (χ0) is 21.5. The minimum atomic E-state index is -0.616. The molecule has 0 radical (unpaired) electrons. The van der Waals surface area contributed by atoms with Crippen LogP contribution in [0.2, 0.25) is 5.02 Å². The van der Waals surface area contributed by atoms with Crippen molar-refractivity contribution in [1.29, 1.82) is 0 Å². The normalized spacial score (nSPS) is 17.7. The Hall–Kier alpha value is -2.08. The first kappa shape index (κ1) is 22.6. The van der Waals surface area contributed by atoms with E-state index in [0.717, 1.165) is 31.2 Å². The first-order chi connectivity index (χ1) is 14.5. The number of benzene rings is 2. The second-order valence-electron chi connectivity index (χ2n) is 7.65. The van der Waals surface area contributed by atoms with Gasteiger partial charge >= 0.3 is 5.97 Å². The zero-order valence-corrected chi connectivity index (χ0v) is 18.3. The summed E-state index contributed by atoms with van der Waals surface area (Å²) in [6.45, 7) is 4.11. The van der Waals surface area contributed by atoms with Crippen molar-refractivity contribution in [3.8, 4) is 5.75 Å². The number of hydrogen-bond acceptors (Lipinski definition) is 5. The number of rotatable bonds is 9. The van der Waals surface area contributed by atoms with Crippen LogP contribution >= 0.6 is 11.6 Å². The topological polar surface area (TPSA) is 67.8 Å². The second-order valence-corrected chi connectivity index (χ2v) is 8.08. The lowest BCUT2D eigenvalue weighted by Crippen LogP contribution is -2.44. The Balaban J connectivity index is 1.63. The van der Waals surface area contributed by atoms with Gasteiger partial charge in [0.25, 0.3) is 0 Å². The summed E-state index contributed by atoms with van der Waals surface area (Å²) in [6.07, 6.45) is 3.02. The highest BCUT2D eigenvalue weighted by Crippen LogP contribution is 2.28. The Bertz CT molecular complexity index is 857. The van der Waals surface area contributed by atoms with Crippen molar-refractivity contribution in [3.63, 3.8) is 0 Å². The van der Waals surface area contributed by atoms with E-state index in [2.05, 4.69) is 18.3 Å². The van der Waals surface area contributed by atoms with E-state index < -0.39 is 6.10 Å². The minimum Gasteiger partial charge on any atom is -0.482 e. The summed E-state index contributed by atoms with van der Waals surface area (Å²) in [4.78, 5) is 11.5. The molecule has 30 heavy (non-hydrogen) atoms. The van der Waals surface area contributed by atoms with E-state index in [-0.39, 0.29) is 24.7 Å². The number of aliphatic hydroxyl groups is 1. The molecule has 0 spiro atoms. The van der Waals surface area contributed by atoms with E-state index >= 15 is 0 Å². The maximum atomic E-state index is 11.5. The number of aliphatic hydroxyl groups excluding tert-OH is 1. The quantitative estimate of drug-likeness (QED) is 0.581. The number of esters is 1. The van der Waals surface area contributed by atoms with Gasteiger partial charge in [0.15, 0.2) is 6.61 Å². The highest BCUT2D eigenvalue weighted by Gasteiger charge is 2.25. The molecule has 1 aliphatic carbocycles. The summed E-state index contributed by atoms with van der Waals surface area (Å²) >= 11 is 6.09. The Morgan fingerprint density at radius 3 is 2.80 bits per heavy atom. The van der Waals surface area contributed by atoms with Crippen LogP contribution in [0.25, 0.3) is 0 Å². The molecular formula is C24H30ClNO4. The molecule has 0 aromatic heterocycles. The molecule has 3 atom stereocenters. The van der Waals surface area contributed by atoms with Crippen molar-refractivity contribution in [3.05, 3.63) is 64.2 Å². The first-order valence-corrected chi connectivity index (χ1v) is 11.0. The van der Waals surface area contributed by atoms with Gasteiger partial charge in [-0.25, -0.2) is 4.79 Å². The molecule has 2 N–H and O–H groups in total. The van der Waals surface area contributed by atoms with Crippen LogP contribution in [0, 0.1) is 0 Å². The number of halogens is 1. The molecule has 0 saturated heterocycles. The van der Waals surface area contributed by atoms with Crippen molar-refractivity contribution in [2.75, 3.05) is 13.2 Å². The van der Waals surface area contributed by atoms with E-state index in [1.54, 1.807) is 6.92 Å². The summed E-state index contributed by atoms with van der Waals surface area (Å²) in [6, 6.07) is 13.6. The molecule has 5 nitrogen and oxygen atoms in total. The van der Waals surface area contributed by atoms with Crippen molar-refractivity contribution >= 4 is 17.6 Å². The van der Waals surface area contributed by atoms with Crippen molar-refractivity contribution in [2.45, 2.75) is 57.7 Å². The third kappa shape index (κ3) is 5.97. The van der Waals surface area contributed by atoms with Gasteiger partial charge in [0.05, 0.1) is 12.7 Å². The van der Waals surface area contributed by atoms with Gasteiger partial charge in [0.2, 0.25) is 0 Å². The van der Waals surface area contributed by atoms with Crippen LogP contribution in [-0.4, -0.2) is 36.4 Å². The van der Waals surface area contributed by atoms with Crippen molar-refractivity contribution < 1.29 is 19.4 Å². The molecule has 1 unspecified atom stereocenters. The van der Waals surface area contributed by atoms with Crippen LogP contribution in [0.5, 0.6) is 5.75 Å². The molecule has 0 bridgehead atoms. The van der Waals surface area contributed by atoms with E-state index in [1.165, 1.54) is 11.1 Å². The fourth-order valence-corrected chi connectivity index (χ4v) is 4.17. The lowest BCUT2D eigenvalue weighted by Gasteiger charge is -2.32. The smallest absolute Gasteiger partial charge is 0.344 e. The van der Waals surface area contributed by atoms with Gasteiger partial charge in [0.1, 0.15) is 5.75 Å². The summed E-state index contributed by atoms with van der Waals surface area (Å²) < 4.78 is 10.5. The molecule has 0 aliphatic heterocycles. The summed E-state index contributed by atoms with van der Waals surface area (Å²) in [5.74, 6) is 0.309. The molecule has 6 heteroatoms. The SMILES string of the molecule is CCOC(=O)COc1ccc2c(c1)CC(N[C@@H](CC)[C@@H](O)c1cccc(Cl)c1)CC2. The van der Waals surface area contributed by atoms with Crippen molar-refractivity contribution in [1.82, 2.24) is 5.32 Å². The fourth-order valence-electron chi connectivity index (χ4n) is 3.97. The first-order valence-electron chi connectivity index (χ1n) is 10.6. The summed E-state index contributed by atoms with van der Waals surface area (Å²) in [7, 11) is 0. The van der Waals surface area contributed by atoms with Gasteiger partial charge in [-0.2, -0.15) is 0 Å². The molecule has 0 fully saturated rings. The number of fused-ring (bicyclic) bond motifs is 1. The Morgan fingerprint density at radius 2 is 2.07 bits per heavy atom. The molecule has 162 valence electrons. The lowest BCUT2D eigenvalue weighted by molar-refractivity contribution is -0.145. The summed E-state index contributed by atoms with van der Waals surface area (Å²) in [5.41, 5.74) is 3.35. The molecular weight excluding hydrogens is 402 g/mol. The average molecular weight is 432 g/mol. The van der Waals surface area contributed by atoms with Gasteiger partial charge in [0, 0.05) is 17.1 Å². The van der Waals surface area contributed by atoms with Crippen LogP contribution in [0.15, 0.2) is 42.5 Å². The lowest BCUT2D eigenvalue weighted by atomic mass is 9.87. The maximum absolute atomic E-state index is 11.5. The molecule has 0 amide bonds. The Morgan fingerprint density at radius 1 is 1.23 bits per heavy atom. The predicted molar refractivity (Wildman–Crippen MR) is 118 cm³/mol.